The molecule has 0 heterocycles. The lowest BCUT2D eigenvalue weighted by molar-refractivity contribution is -0.129. The number of amides is 1. The van der Waals surface area contributed by atoms with Gasteiger partial charge in [-0.1, -0.05) is 29.0 Å². The first-order valence-electron chi connectivity index (χ1n) is 8.52. The molecular weight excluding hydrogens is 361 g/mol. The summed E-state index contributed by atoms with van der Waals surface area (Å²) in [6, 6.07) is 0. The fourth-order valence-electron chi connectivity index (χ4n) is 5.53. The second-order valence-electron chi connectivity index (χ2n) is 7.69. The molecule has 114 valence electrons. The Balaban J connectivity index is 1.44. The monoisotopic (exact) mass is 389 g/mol. The summed E-state index contributed by atoms with van der Waals surface area (Å²) in [4.78, 5) is 12.2. The largest absolute Gasteiger partial charge is 0.356 e. The molecule has 1 N–H and O–H groups in total. The van der Waals surface area contributed by atoms with Crippen LogP contribution in [0.3, 0.4) is 0 Å². The quantitative estimate of drug-likeness (QED) is 0.392. The van der Waals surface area contributed by atoms with Crippen LogP contribution in [0.1, 0.15) is 64.2 Å². The van der Waals surface area contributed by atoms with E-state index >= 15 is 0 Å². The average molecular weight is 389 g/mol. The fourth-order valence-corrected chi connectivity index (χ4v) is 6.07. The minimum atomic E-state index is 0.335. The van der Waals surface area contributed by atoms with Crippen LogP contribution in [-0.4, -0.2) is 16.9 Å². The highest BCUT2D eigenvalue weighted by Crippen LogP contribution is 2.61. The molecule has 0 atom stereocenters. The summed E-state index contributed by atoms with van der Waals surface area (Å²) < 4.78 is 1.24. The van der Waals surface area contributed by atoms with Crippen molar-refractivity contribution in [3.05, 3.63) is 0 Å². The molecule has 2 nitrogen and oxygen atoms in total. The van der Waals surface area contributed by atoms with Gasteiger partial charge in [-0.25, -0.2) is 0 Å². The van der Waals surface area contributed by atoms with Gasteiger partial charge in [-0.2, -0.15) is 0 Å². The molecule has 4 aliphatic rings. The lowest BCUT2D eigenvalue weighted by atomic mass is 9.49. The normalized spacial score (nSPS) is 38.1. The van der Waals surface area contributed by atoms with Crippen LogP contribution in [-0.2, 0) is 4.79 Å². The molecule has 0 unspecified atom stereocenters. The molecule has 0 radical (unpaired) electrons. The van der Waals surface area contributed by atoms with E-state index < -0.39 is 0 Å². The molecule has 3 heteroatoms. The Morgan fingerprint density at radius 3 is 2.15 bits per heavy atom. The van der Waals surface area contributed by atoms with E-state index in [1.807, 2.05) is 0 Å². The number of hydrogen-bond donors (Lipinski definition) is 1. The first-order valence-corrected chi connectivity index (χ1v) is 10.0. The summed E-state index contributed by atoms with van der Waals surface area (Å²) in [5.41, 5.74) is 0.404. The van der Waals surface area contributed by atoms with Gasteiger partial charge in [0, 0.05) is 13.0 Å². The van der Waals surface area contributed by atoms with E-state index in [2.05, 4.69) is 27.9 Å². The van der Waals surface area contributed by atoms with Crippen molar-refractivity contribution in [2.75, 3.05) is 11.0 Å². The molecular formula is C17H28INO. The molecule has 0 aromatic heterocycles. The number of nitrogens with one attached hydrogen (secondary N) is 1. The minimum absolute atomic E-state index is 0.335. The van der Waals surface area contributed by atoms with E-state index in [0.717, 1.165) is 37.1 Å². The summed E-state index contributed by atoms with van der Waals surface area (Å²) in [6.07, 6.45) is 13.0. The van der Waals surface area contributed by atoms with E-state index in [1.54, 1.807) is 0 Å². The Labute approximate surface area is 137 Å². The van der Waals surface area contributed by atoms with Gasteiger partial charge >= 0.3 is 0 Å². The Morgan fingerprint density at radius 1 is 1.00 bits per heavy atom. The molecule has 0 saturated heterocycles. The van der Waals surface area contributed by atoms with Gasteiger partial charge in [0.15, 0.2) is 0 Å². The predicted molar refractivity (Wildman–Crippen MR) is 91.0 cm³/mol. The van der Waals surface area contributed by atoms with E-state index in [9.17, 15) is 4.79 Å². The maximum absolute atomic E-state index is 12.2. The number of hydrogen-bond acceptors (Lipinski definition) is 1. The zero-order valence-corrected chi connectivity index (χ0v) is 14.7. The molecule has 1 amide bonds. The SMILES string of the molecule is O=C(CC12CC3CC(CC(C3)C1)C2)NCCCCCI. The third kappa shape index (κ3) is 3.50. The van der Waals surface area contributed by atoms with Crippen LogP contribution in [0, 0.1) is 23.2 Å². The van der Waals surface area contributed by atoms with Crippen molar-refractivity contribution in [2.45, 2.75) is 64.2 Å². The number of rotatable bonds is 7. The first kappa shape index (κ1) is 15.1. The predicted octanol–water partition coefficient (Wildman–Crippen LogP) is 4.31. The van der Waals surface area contributed by atoms with Crippen molar-refractivity contribution in [3.63, 3.8) is 0 Å². The summed E-state index contributed by atoms with van der Waals surface area (Å²) in [7, 11) is 0. The average Bonchev–Trinajstić information content (AvgIpc) is 2.36. The highest BCUT2D eigenvalue weighted by Gasteiger charge is 2.51. The maximum atomic E-state index is 12.2. The van der Waals surface area contributed by atoms with Crippen LogP contribution in [0.4, 0.5) is 0 Å². The molecule has 0 aromatic carbocycles. The topological polar surface area (TPSA) is 29.1 Å². The Bertz CT molecular complexity index is 320. The van der Waals surface area contributed by atoms with E-state index in [1.165, 1.54) is 55.8 Å². The summed E-state index contributed by atoms with van der Waals surface area (Å²) >= 11 is 2.42. The number of alkyl halides is 1. The van der Waals surface area contributed by atoms with Crippen LogP contribution in [0.2, 0.25) is 0 Å². The molecule has 0 spiro atoms. The third-order valence-corrected chi connectivity index (χ3v) is 6.60. The molecule has 4 aliphatic carbocycles. The molecule has 4 bridgehead atoms. The Morgan fingerprint density at radius 2 is 1.60 bits per heavy atom. The first-order chi connectivity index (χ1) is 9.69. The van der Waals surface area contributed by atoms with Gasteiger partial charge in [0.25, 0.3) is 0 Å². The Kier molecular flexibility index (Phi) is 4.94. The van der Waals surface area contributed by atoms with Crippen molar-refractivity contribution >= 4 is 28.5 Å². The third-order valence-electron chi connectivity index (χ3n) is 5.83. The summed E-state index contributed by atoms with van der Waals surface area (Å²) in [5.74, 6) is 3.20. The van der Waals surface area contributed by atoms with Gasteiger partial charge in [0.1, 0.15) is 0 Å². The molecule has 4 saturated carbocycles. The van der Waals surface area contributed by atoms with Gasteiger partial charge in [0.2, 0.25) is 5.91 Å². The second kappa shape index (κ2) is 6.53. The van der Waals surface area contributed by atoms with Crippen molar-refractivity contribution in [1.29, 1.82) is 0 Å². The van der Waals surface area contributed by atoms with E-state index in [-0.39, 0.29) is 0 Å². The van der Waals surface area contributed by atoms with Gasteiger partial charge < -0.3 is 5.32 Å². The number of carbonyl (C=O) groups is 1. The van der Waals surface area contributed by atoms with Gasteiger partial charge in [0.05, 0.1) is 0 Å². The highest BCUT2D eigenvalue weighted by atomic mass is 127. The zero-order valence-electron chi connectivity index (χ0n) is 12.5. The summed E-state index contributed by atoms with van der Waals surface area (Å²) in [5, 5.41) is 3.18. The Hall–Kier alpha value is 0.200. The lowest BCUT2D eigenvalue weighted by Crippen LogP contribution is -2.48. The van der Waals surface area contributed by atoms with Crippen LogP contribution in [0.5, 0.6) is 0 Å². The lowest BCUT2D eigenvalue weighted by Gasteiger charge is -2.56. The molecule has 20 heavy (non-hydrogen) atoms. The van der Waals surface area contributed by atoms with Gasteiger partial charge in [-0.15, -0.1) is 0 Å². The minimum Gasteiger partial charge on any atom is -0.356 e. The summed E-state index contributed by atoms with van der Waals surface area (Å²) in [6.45, 7) is 0.891. The van der Waals surface area contributed by atoms with Crippen molar-refractivity contribution in [3.8, 4) is 0 Å². The number of halogens is 1. The van der Waals surface area contributed by atoms with Crippen LogP contribution < -0.4 is 5.32 Å². The maximum Gasteiger partial charge on any atom is 0.220 e. The molecule has 4 rings (SSSR count). The number of carbonyl (C=O) groups excluding carboxylic acids is 1. The zero-order chi connectivity index (χ0) is 14.0. The van der Waals surface area contributed by atoms with E-state index in [0.29, 0.717) is 11.3 Å². The van der Waals surface area contributed by atoms with Crippen molar-refractivity contribution in [1.82, 2.24) is 5.32 Å². The highest BCUT2D eigenvalue weighted by molar-refractivity contribution is 14.1. The molecule has 0 aromatic rings. The van der Waals surface area contributed by atoms with E-state index in [4.69, 9.17) is 0 Å². The van der Waals surface area contributed by atoms with Crippen LogP contribution in [0.15, 0.2) is 0 Å². The van der Waals surface area contributed by atoms with Gasteiger partial charge in [-0.05, 0) is 79.0 Å². The second-order valence-corrected chi connectivity index (χ2v) is 8.77. The number of unbranched alkanes of at least 4 members (excludes halogenated alkanes) is 2. The standard InChI is InChI=1S/C17H28INO/c18-4-2-1-3-5-19-16(20)12-17-9-13-6-14(10-17)8-15(7-13)11-17/h13-15H,1-12H2,(H,19,20). The van der Waals surface area contributed by atoms with Crippen LogP contribution in [0.25, 0.3) is 0 Å². The fraction of sp³-hybridized carbons (Fsp3) is 0.941. The molecule has 0 aliphatic heterocycles. The van der Waals surface area contributed by atoms with Crippen LogP contribution >= 0.6 is 22.6 Å². The van der Waals surface area contributed by atoms with Crippen molar-refractivity contribution in [2.24, 2.45) is 23.2 Å². The molecule has 4 fully saturated rings. The smallest absolute Gasteiger partial charge is 0.220 e. The van der Waals surface area contributed by atoms with Crippen molar-refractivity contribution < 1.29 is 4.79 Å². The van der Waals surface area contributed by atoms with Gasteiger partial charge in [-0.3, -0.25) is 4.79 Å².